The molecule has 0 bridgehead atoms. The van der Waals surface area contributed by atoms with Crippen LogP contribution in [-0.4, -0.2) is 38.6 Å². The highest BCUT2D eigenvalue weighted by Crippen LogP contribution is 2.31. The van der Waals surface area contributed by atoms with Crippen LogP contribution in [0.3, 0.4) is 0 Å². The third-order valence-electron chi connectivity index (χ3n) is 5.77. The number of amides is 2. The Labute approximate surface area is 211 Å². The lowest BCUT2D eigenvalue weighted by atomic mass is 9.94. The van der Waals surface area contributed by atoms with Gasteiger partial charge in [-0.15, -0.1) is 23.1 Å². The van der Waals surface area contributed by atoms with Crippen LogP contribution >= 0.6 is 23.1 Å². The van der Waals surface area contributed by atoms with Gasteiger partial charge in [-0.25, -0.2) is 19.6 Å². The summed E-state index contributed by atoms with van der Waals surface area (Å²) >= 11 is 2.90. The molecule has 2 heterocycles. The zero-order valence-electron chi connectivity index (χ0n) is 19.2. The molecule has 0 radical (unpaired) electrons. The van der Waals surface area contributed by atoms with Crippen LogP contribution in [0.25, 0.3) is 0 Å². The topological polar surface area (TPSA) is 121 Å². The summed E-state index contributed by atoms with van der Waals surface area (Å²) in [6, 6.07) is 8.29. The van der Waals surface area contributed by atoms with E-state index in [-0.39, 0.29) is 17.3 Å². The molecule has 4 rings (SSSR count). The summed E-state index contributed by atoms with van der Waals surface area (Å²) in [6.45, 7) is 1.94. The number of thioether (sulfide) groups is 1. The summed E-state index contributed by atoms with van der Waals surface area (Å²) < 4.78 is 0. The number of pyridine rings is 1. The van der Waals surface area contributed by atoms with Crippen LogP contribution < -0.4 is 10.6 Å². The van der Waals surface area contributed by atoms with Gasteiger partial charge in [0.2, 0.25) is 0 Å². The van der Waals surface area contributed by atoms with Crippen molar-refractivity contribution in [2.75, 3.05) is 16.4 Å². The van der Waals surface area contributed by atoms with E-state index < -0.39 is 12.0 Å². The SMILES string of the molecule is Cc1ccc(NC(=O)Nc2ncc(CCSc3ccc(C(=O)O)cn3)s2)c(C(=O)C2CCCC2)c1. The van der Waals surface area contributed by atoms with Crippen LogP contribution in [-0.2, 0) is 6.42 Å². The van der Waals surface area contributed by atoms with E-state index in [0.29, 0.717) is 16.4 Å². The van der Waals surface area contributed by atoms with Crippen LogP contribution in [0.2, 0.25) is 0 Å². The molecule has 1 aliphatic carbocycles. The first kappa shape index (κ1) is 24.9. The lowest BCUT2D eigenvalue weighted by Gasteiger charge is -2.14. The molecule has 0 aliphatic heterocycles. The molecular weight excluding hydrogens is 484 g/mol. The number of hydrogen-bond acceptors (Lipinski definition) is 7. The molecule has 3 aromatic rings. The Hall–Kier alpha value is -3.24. The number of benzene rings is 1. The van der Waals surface area contributed by atoms with E-state index in [1.807, 2.05) is 19.1 Å². The van der Waals surface area contributed by atoms with Crippen molar-refractivity contribution in [1.29, 1.82) is 0 Å². The predicted octanol–water partition coefficient (Wildman–Crippen LogP) is 5.90. The van der Waals surface area contributed by atoms with E-state index in [1.165, 1.54) is 35.4 Å². The van der Waals surface area contributed by atoms with Crippen LogP contribution in [0.15, 0.2) is 47.8 Å². The summed E-state index contributed by atoms with van der Waals surface area (Å²) in [5.74, 6) is -0.127. The number of nitrogens with one attached hydrogen (secondary N) is 2. The first-order valence-corrected chi connectivity index (χ1v) is 13.2. The minimum atomic E-state index is -0.998. The van der Waals surface area contributed by atoms with Crippen LogP contribution in [0.4, 0.5) is 15.6 Å². The number of anilines is 2. The van der Waals surface area contributed by atoms with Crippen molar-refractivity contribution in [3.63, 3.8) is 0 Å². The summed E-state index contributed by atoms with van der Waals surface area (Å²) in [4.78, 5) is 46.0. The number of carbonyl (C=O) groups is 3. The number of ketones is 1. The number of Topliss-reactive ketones (excluding diaryl/α,β-unsaturated/α-hetero) is 1. The molecule has 0 spiro atoms. The monoisotopic (exact) mass is 510 g/mol. The quantitative estimate of drug-likeness (QED) is 0.242. The number of carboxylic acids is 1. The number of nitrogens with zero attached hydrogens (tertiary/aromatic N) is 2. The number of hydrogen-bond donors (Lipinski definition) is 3. The van der Waals surface area contributed by atoms with Crippen molar-refractivity contribution in [2.24, 2.45) is 5.92 Å². The average molecular weight is 511 g/mol. The van der Waals surface area contributed by atoms with Gasteiger partial charge in [-0.1, -0.05) is 24.5 Å². The molecule has 182 valence electrons. The number of aromatic nitrogens is 2. The van der Waals surface area contributed by atoms with E-state index in [1.54, 1.807) is 18.3 Å². The molecule has 0 unspecified atom stereocenters. The molecule has 2 amide bonds. The molecule has 0 saturated heterocycles. The van der Waals surface area contributed by atoms with Crippen molar-refractivity contribution in [1.82, 2.24) is 9.97 Å². The number of rotatable bonds is 9. The third kappa shape index (κ3) is 6.67. The van der Waals surface area contributed by atoms with Gasteiger partial charge in [0.15, 0.2) is 10.9 Å². The van der Waals surface area contributed by atoms with Crippen molar-refractivity contribution in [3.8, 4) is 0 Å². The third-order valence-corrected chi connectivity index (χ3v) is 7.69. The van der Waals surface area contributed by atoms with Gasteiger partial charge in [0.25, 0.3) is 0 Å². The zero-order chi connectivity index (χ0) is 24.8. The normalized spacial score (nSPS) is 13.5. The maximum atomic E-state index is 13.0. The van der Waals surface area contributed by atoms with Gasteiger partial charge in [0.05, 0.1) is 16.3 Å². The zero-order valence-corrected chi connectivity index (χ0v) is 20.9. The minimum Gasteiger partial charge on any atom is -0.478 e. The molecule has 3 N–H and O–H groups in total. The Morgan fingerprint density at radius 2 is 1.89 bits per heavy atom. The van der Waals surface area contributed by atoms with Gasteiger partial charge in [-0.3, -0.25) is 10.1 Å². The summed E-state index contributed by atoms with van der Waals surface area (Å²) in [6.07, 6.45) is 7.76. The Balaban J connectivity index is 1.30. The van der Waals surface area contributed by atoms with Crippen molar-refractivity contribution in [3.05, 3.63) is 64.3 Å². The fourth-order valence-electron chi connectivity index (χ4n) is 3.96. The second-order valence-electron chi connectivity index (χ2n) is 8.39. The summed E-state index contributed by atoms with van der Waals surface area (Å²) in [7, 11) is 0. The largest absolute Gasteiger partial charge is 0.478 e. The van der Waals surface area contributed by atoms with Gasteiger partial charge in [-0.05, 0) is 50.5 Å². The van der Waals surface area contributed by atoms with Crippen molar-refractivity contribution < 1.29 is 19.5 Å². The lowest BCUT2D eigenvalue weighted by Crippen LogP contribution is -2.22. The number of thiazole rings is 1. The molecule has 2 aromatic heterocycles. The smallest absolute Gasteiger partial charge is 0.337 e. The highest BCUT2D eigenvalue weighted by molar-refractivity contribution is 7.99. The Morgan fingerprint density at radius 1 is 1.09 bits per heavy atom. The van der Waals surface area contributed by atoms with Crippen molar-refractivity contribution >= 4 is 51.7 Å². The summed E-state index contributed by atoms with van der Waals surface area (Å²) in [5, 5.41) is 15.7. The molecule has 1 saturated carbocycles. The van der Waals surface area contributed by atoms with E-state index in [4.69, 9.17) is 5.11 Å². The number of aromatic carboxylic acids is 1. The molecule has 0 atom stereocenters. The first-order valence-electron chi connectivity index (χ1n) is 11.4. The van der Waals surface area contributed by atoms with Gasteiger partial charge in [-0.2, -0.15) is 0 Å². The fourth-order valence-corrected chi connectivity index (χ4v) is 5.72. The highest BCUT2D eigenvalue weighted by Gasteiger charge is 2.26. The second-order valence-corrected chi connectivity index (χ2v) is 10.6. The lowest BCUT2D eigenvalue weighted by molar-refractivity contribution is 0.0696. The van der Waals surface area contributed by atoms with Gasteiger partial charge < -0.3 is 10.4 Å². The van der Waals surface area contributed by atoms with Crippen LogP contribution in [0.5, 0.6) is 0 Å². The molecule has 8 nitrogen and oxygen atoms in total. The van der Waals surface area contributed by atoms with E-state index in [2.05, 4.69) is 20.6 Å². The maximum Gasteiger partial charge on any atom is 0.337 e. The molecule has 1 fully saturated rings. The molecule has 1 aliphatic rings. The molecule has 35 heavy (non-hydrogen) atoms. The van der Waals surface area contributed by atoms with Gasteiger partial charge in [0, 0.05) is 34.5 Å². The number of aryl methyl sites for hydroxylation is 2. The minimum absolute atomic E-state index is 0.0325. The number of carbonyl (C=O) groups excluding carboxylic acids is 2. The molecule has 1 aromatic carbocycles. The van der Waals surface area contributed by atoms with E-state index in [0.717, 1.165) is 53.3 Å². The van der Waals surface area contributed by atoms with Crippen LogP contribution in [0, 0.1) is 12.8 Å². The summed E-state index contributed by atoms with van der Waals surface area (Å²) in [5.41, 5.74) is 2.22. The van der Waals surface area contributed by atoms with E-state index >= 15 is 0 Å². The Morgan fingerprint density at radius 3 is 2.60 bits per heavy atom. The van der Waals surface area contributed by atoms with Crippen LogP contribution in [0.1, 0.15) is 56.8 Å². The first-order chi connectivity index (χ1) is 16.9. The second kappa shape index (κ2) is 11.5. The van der Waals surface area contributed by atoms with Gasteiger partial charge in [0.1, 0.15) is 0 Å². The maximum absolute atomic E-state index is 13.0. The standard InChI is InChI=1S/C25H26N4O4S2/c1-15-6-8-20(19(12-15)22(30)16-4-2-3-5-16)28-24(33)29-25-27-14-18(35-25)10-11-34-21-9-7-17(13-26-21)23(31)32/h6-9,12-14,16H,2-5,10-11H2,1H3,(H,31,32)(H2,27,28,29,33). The van der Waals surface area contributed by atoms with Gasteiger partial charge >= 0.3 is 12.0 Å². The number of carboxylic acid groups (broad SMARTS) is 1. The predicted molar refractivity (Wildman–Crippen MR) is 138 cm³/mol. The average Bonchev–Trinajstić information content (AvgIpc) is 3.53. The Kier molecular flexibility index (Phi) is 8.14. The molecule has 10 heteroatoms. The van der Waals surface area contributed by atoms with Crippen molar-refractivity contribution in [2.45, 2.75) is 44.1 Å². The highest BCUT2D eigenvalue weighted by atomic mass is 32.2. The fraction of sp³-hybridized carbons (Fsp3) is 0.320. The molecular formula is C25H26N4O4S2. The Bertz CT molecular complexity index is 1220. The number of urea groups is 1. The van der Waals surface area contributed by atoms with E-state index in [9.17, 15) is 14.4 Å².